The largest absolute Gasteiger partial charge is 0.472 e. The SMILES string of the molecule is CC/C=C\C/C=C\C/C=C\C/C=C\CCCCC(=O)OCC(COP(=O)(O)OCC(O)COP(=O)(O)OCC(COC(=O)CCCCCCC/C=C\CCCCCC)OC(=O)CCCCCCC/C=C\CCCC)OC(=O)CCCCCCC/C=C\C/C=C\CCC. The first-order valence-electron chi connectivity index (χ1n) is 35.5. The number of esters is 4. The van der Waals surface area contributed by atoms with Gasteiger partial charge < -0.3 is 33.8 Å². The van der Waals surface area contributed by atoms with Gasteiger partial charge in [0.2, 0.25) is 0 Å². The second kappa shape index (κ2) is 65.6. The Balaban J connectivity index is 5.37. The first kappa shape index (κ1) is 88.0. The Kier molecular flexibility index (Phi) is 62.8. The zero-order chi connectivity index (χ0) is 67.5. The fourth-order valence-electron chi connectivity index (χ4n) is 9.05. The summed E-state index contributed by atoms with van der Waals surface area (Å²) < 4.78 is 68.1. The molecule has 0 spiro atoms. The van der Waals surface area contributed by atoms with Crippen molar-refractivity contribution in [1.29, 1.82) is 0 Å². The van der Waals surface area contributed by atoms with E-state index in [1.165, 1.54) is 38.5 Å². The fraction of sp³-hybridized carbons (Fsp3) is 0.726. The highest BCUT2D eigenvalue weighted by atomic mass is 31.2. The summed E-state index contributed by atoms with van der Waals surface area (Å²) in [6.07, 6.45) is 65.7. The van der Waals surface area contributed by atoms with Gasteiger partial charge in [-0.15, -0.1) is 0 Å². The molecule has 19 heteroatoms. The normalized spacial score (nSPS) is 14.6. The molecule has 5 unspecified atom stereocenters. The van der Waals surface area contributed by atoms with E-state index < -0.39 is 97.5 Å². The molecule has 0 bridgehead atoms. The molecule has 17 nitrogen and oxygen atoms in total. The lowest BCUT2D eigenvalue weighted by molar-refractivity contribution is -0.161. The van der Waals surface area contributed by atoms with Gasteiger partial charge in [0.1, 0.15) is 19.3 Å². The molecule has 0 aromatic heterocycles. The summed E-state index contributed by atoms with van der Waals surface area (Å²) in [5.74, 6) is -2.26. The second-order valence-electron chi connectivity index (χ2n) is 23.4. The average Bonchev–Trinajstić information content (AvgIpc) is 2.73. The zero-order valence-corrected chi connectivity index (χ0v) is 59.2. The van der Waals surface area contributed by atoms with Gasteiger partial charge >= 0.3 is 39.5 Å². The van der Waals surface area contributed by atoms with Crippen LogP contribution in [0.1, 0.15) is 285 Å². The molecule has 0 amide bonds. The highest BCUT2D eigenvalue weighted by Crippen LogP contribution is 2.45. The first-order valence-corrected chi connectivity index (χ1v) is 38.5. The molecule has 0 saturated heterocycles. The Labute approximate surface area is 557 Å². The highest BCUT2D eigenvalue weighted by molar-refractivity contribution is 7.47. The monoisotopic (exact) mass is 1340 g/mol. The smallest absolute Gasteiger partial charge is 0.462 e. The Morgan fingerprint density at radius 2 is 0.598 bits per heavy atom. The molecule has 530 valence electrons. The highest BCUT2D eigenvalue weighted by Gasteiger charge is 2.30. The second-order valence-corrected chi connectivity index (χ2v) is 26.3. The predicted molar refractivity (Wildman–Crippen MR) is 372 cm³/mol. The Morgan fingerprint density at radius 3 is 0.978 bits per heavy atom. The van der Waals surface area contributed by atoms with Crippen molar-refractivity contribution in [2.24, 2.45) is 0 Å². The van der Waals surface area contributed by atoms with E-state index >= 15 is 0 Å². The van der Waals surface area contributed by atoms with E-state index in [0.717, 1.165) is 167 Å². The number of carbonyl (C=O) groups is 4. The molecule has 0 aliphatic heterocycles. The van der Waals surface area contributed by atoms with Gasteiger partial charge in [0.05, 0.1) is 26.4 Å². The number of hydrogen-bond donors (Lipinski definition) is 3. The van der Waals surface area contributed by atoms with E-state index in [-0.39, 0.29) is 25.7 Å². The molecule has 3 N–H and O–H groups in total. The summed E-state index contributed by atoms with van der Waals surface area (Å²) in [7, 11) is -9.95. The lowest BCUT2D eigenvalue weighted by Crippen LogP contribution is -2.30. The van der Waals surface area contributed by atoms with Crippen LogP contribution in [-0.4, -0.2) is 96.7 Å². The molecular weight excluding hydrogens is 1210 g/mol. The van der Waals surface area contributed by atoms with Crippen molar-refractivity contribution in [2.75, 3.05) is 39.6 Å². The molecule has 0 saturated carbocycles. The average molecular weight is 1340 g/mol. The van der Waals surface area contributed by atoms with Crippen LogP contribution < -0.4 is 0 Å². The van der Waals surface area contributed by atoms with E-state index in [0.29, 0.717) is 25.7 Å². The molecule has 0 rings (SSSR count). The number of ether oxygens (including phenoxy) is 4. The molecule has 0 fully saturated rings. The lowest BCUT2D eigenvalue weighted by atomic mass is 10.1. The quantitative estimate of drug-likeness (QED) is 0.0169. The van der Waals surface area contributed by atoms with Gasteiger partial charge in [-0.2, -0.15) is 0 Å². The number of allylic oxidation sites excluding steroid dienone is 16. The van der Waals surface area contributed by atoms with Crippen molar-refractivity contribution in [2.45, 2.75) is 303 Å². The minimum Gasteiger partial charge on any atom is -0.462 e. The Morgan fingerprint density at radius 1 is 0.315 bits per heavy atom. The molecule has 5 atom stereocenters. The summed E-state index contributed by atoms with van der Waals surface area (Å²) >= 11 is 0. The van der Waals surface area contributed by atoms with Crippen LogP contribution in [0.15, 0.2) is 97.2 Å². The minimum absolute atomic E-state index is 0.0686. The summed E-state index contributed by atoms with van der Waals surface area (Å²) in [5.41, 5.74) is 0. The van der Waals surface area contributed by atoms with Crippen LogP contribution in [0.3, 0.4) is 0 Å². The van der Waals surface area contributed by atoms with Crippen molar-refractivity contribution in [1.82, 2.24) is 0 Å². The standard InChI is InChI=1S/C73H126O17P2/c1-5-9-13-17-21-25-29-32-33-36-39-42-46-50-54-58-71(76)84-64-69(90-73(78)60-56-52-48-44-40-35-31-27-23-19-15-11-7-3)66-88-92(81,82)86-62-67(74)61-85-91(79,80)87-65-68(89-72(77)59-55-51-47-43-37-28-24-20-16-12-8-4)63-83-70(75)57-53-49-45-41-38-34-30-26-22-18-14-10-6-2/h9,13,15,19-21,24-27,30-33,39,42,67-69,74H,5-8,10-12,14,16-18,22-23,28-29,34-38,40-41,43-66H2,1-4H3,(H,79,80)(H,81,82)/b13-9-,19-15-,24-20-,25-21-,30-26-,31-27-,33-32-,42-39-. The molecule has 0 aromatic rings. The molecule has 0 aromatic carbocycles. The number of hydrogen-bond acceptors (Lipinski definition) is 15. The maximum Gasteiger partial charge on any atom is 0.472 e. The van der Waals surface area contributed by atoms with Crippen molar-refractivity contribution < 1.29 is 80.2 Å². The molecule has 0 aliphatic carbocycles. The lowest BCUT2D eigenvalue weighted by Gasteiger charge is -2.21. The van der Waals surface area contributed by atoms with Crippen molar-refractivity contribution in [3.8, 4) is 0 Å². The molecule has 0 aliphatic rings. The summed E-state index contributed by atoms with van der Waals surface area (Å²) in [5, 5.41) is 10.6. The van der Waals surface area contributed by atoms with Crippen molar-refractivity contribution in [3.63, 3.8) is 0 Å². The van der Waals surface area contributed by atoms with Crippen LogP contribution in [0, 0.1) is 0 Å². The number of aliphatic hydroxyl groups excluding tert-OH is 1. The van der Waals surface area contributed by atoms with Crippen LogP contribution in [0.25, 0.3) is 0 Å². The summed E-state index contributed by atoms with van der Waals surface area (Å²) in [4.78, 5) is 72.5. The van der Waals surface area contributed by atoms with Crippen LogP contribution in [0.4, 0.5) is 0 Å². The number of aliphatic hydroxyl groups is 1. The number of phosphoric ester groups is 2. The third kappa shape index (κ3) is 64.7. The Bertz CT molecular complexity index is 2130. The van der Waals surface area contributed by atoms with E-state index in [2.05, 4.69) is 125 Å². The van der Waals surface area contributed by atoms with Crippen LogP contribution in [0.2, 0.25) is 0 Å². The van der Waals surface area contributed by atoms with E-state index in [1.54, 1.807) is 0 Å². The minimum atomic E-state index is -4.98. The van der Waals surface area contributed by atoms with Crippen LogP contribution in [0.5, 0.6) is 0 Å². The van der Waals surface area contributed by atoms with E-state index in [9.17, 15) is 43.2 Å². The number of carbonyl (C=O) groups excluding carboxylic acids is 4. The molecular formula is C73H126O17P2. The molecule has 92 heavy (non-hydrogen) atoms. The number of phosphoric acid groups is 2. The topological polar surface area (TPSA) is 237 Å². The Hall–Kier alpha value is -4.02. The van der Waals surface area contributed by atoms with Gasteiger partial charge in [-0.25, -0.2) is 9.13 Å². The van der Waals surface area contributed by atoms with Gasteiger partial charge in [0.25, 0.3) is 0 Å². The van der Waals surface area contributed by atoms with Crippen molar-refractivity contribution in [3.05, 3.63) is 97.2 Å². The van der Waals surface area contributed by atoms with Gasteiger partial charge in [0.15, 0.2) is 12.2 Å². The third-order valence-corrected chi connectivity index (χ3v) is 16.4. The first-order chi connectivity index (χ1) is 44.7. The molecule has 0 heterocycles. The zero-order valence-electron chi connectivity index (χ0n) is 57.4. The fourth-order valence-corrected chi connectivity index (χ4v) is 10.6. The number of unbranched alkanes of at least 4 members (excludes halogenated alkanes) is 24. The number of rotatable bonds is 66. The van der Waals surface area contributed by atoms with Gasteiger partial charge in [-0.05, 0) is 135 Å². The van der Waals surface area contributed by atoms with Gasteiger partial charge in [-0.1, -0.05) is 221 Å². The van der Waals surface area contributed by atoms with Crippen LogP contribution >= 0.6 is 15.6 Å². The maximum atomic E-state index is 13.0. The van der Waals surface area contributed by atoms with Crippen LogP contribution in [-0.2, 0) is 65.4 Å². The summed E-state index contributed by atoms with van der Waals surface area (Å²) in [6.45, 7) is 4.54. The van der Waals surface area contributed by atoms with Crippen molar-refractivity contribution >= 4 is 39.5 Å². The predicted octanol–water partition coefficient (Wildman–Crippen LogP) is 19.7. The third-order valence-electron chi connectivity index (χ3n) is 14.5. The van der Waals surface area contributed by atoms with E-state index in [1.807, 2.05) is 0 Å². The van der Waals surface area contributed by atoms with Gasteiger partial charge in [0, 0.05) is 25.7 Å². The van der Waals surface area contributed by atoms with Gasteiger partial charge in [-0.3, -0.25) is 37.3 Å². The molecule has 0 radical (unpaired) electrons. The summed E-state index contributed by atoms with van der Waals surface area (Å²) in [6, 6.07) is 0. The van der Waals surface area contributed by atoms with E-state index in [4.69, 9.17) is 37.0 Å². The maximum absolute atomic E-state index is 13.0.